The number of hydrogen-bond donors (Lipinski definition) is 0. The Labute approximate surface area is 417 Å². The Balaban J connectivity index is 1.22. The summed E-state index contributed by atoms with van der Waals surface area (Å²) in [6, 6.07) is 58.1. The zero-order valence-corrected chi connectivity index (χ0v) is 38.1. The summed E-state index contributed by atoms with van der Waals surface area (Å²) in [7, 11) is 0. The molecule has 74 heavy (non-hydrogen) atoms. The molecule has 0 atom stereocenters. The standard InChI is InChI=1S/C61H29F6N7/c62-60(63,64)45-13-14-46(53(29-45)61(65,66)67)42-12-18-59(74-55-8-4-2-6-48(55)51-27-41(11-17-58(51)74)44-23-38(33-71)20-39(24-44)34-72)52(28-42)49-25-35(30-68)9-15-56(49)73-54-7-3-1-5-47(54)50-26-40(10-16-57(50)73)43-21-36(31-69)19-37(22-43)32-70/h1-29H. The molecule has 11 aromatic rings. The van der Waals surface area contributed by atoms with Gasteiger partial charge in [0.15, 0.2) is 0 Å². The Morgan fingerprint density at radius 2 is 0.743 bits per heavy atom. The van der Waals surface area contributed by atoms with Gasteiger partial charge in [-0.3, -0.25) is 0 Å². The molecule has 13 heteroatoms. The second-order valence-electron chi connectivity index (χ2n) is 17.5. The van der Waals surface area contributed by atoms with Crippen LogP contribution >= 0.6 is 0 Å². The zero-order valence-electron chi connectivity index (χ0n) is 38.1. The first-order valence-electron chi connectivity index (χ1n) is 22.7. The molecule has 0 radical (unpaired) electrons. The van der Waals surface area contributed by atoms with E-state index in [-0.39, 0.29) is 17.2 Å². The van der Waals surface area contributed by atoms with Crippen molar-refractivity contribution in [3.05, 3.63) is 215 Å². The average Bonchev–Trinajstić information content (AvgIpc) is 3.93. The molecule has 2 aromatic heterocycles. The van der Waals surface area contributed by atoms with Gasteiger partial charge < -0.3 is 9.13 Å². The topological polar surface area (TPSA) is 129 Å². The van der Waals surface area contributed by atoms with Crippen LogP contribution in [0.1, 0.15) is 38.9 Å². The van der Waals surface area contributed by atoms with Gasteiger partial charge in [0.1, 0.15) is 0 Å². The van der Waals surface area contributed by atoms with Crippen LogP contribution in [0, 0.1) is 56.7 Å². The molecule has 0 aliphatic rings. The maximum absolute atomic E-state index is 15.0. The lowest BCUT2D eigenvalue weighted by molar-refractivity contribution is -0.142. The van der Waals surface area contributed by atoms with Crippen LogP contribution in [0.15, 0.2) is 176 Å². The lowest BCUT2D eigenvalue weighted by Crippen LogP contribution is -2.12. The molecule has 7 nitrogen and oxygen atoms in total. The number of nitriles is 5. The molecule has 9 aromatic carbocycles. The van der Waals surface area contributed by atoms with Crippen molar-refractivity contribution in [1.82, 2.24) is 9.13 Å². The number of nitrogens with zero attached hydrogens (tertiary/aromatic N) is 7. The van der Waals surface area contributed by atoms with Gasteiger partial charge in [-0.15, -0.1) is 0 Å². The van der Waals surface area contributed by atoms with E-state index < -0.39 is 29.0 Å². The number of rotatable bonds is 6. The fourth-order valence-electron chi connectivity index (χ4n) is 10.0. The number of alkyl halides is 6. The van der Waals surface area contributed by atoms with E-state index in [0.29, 0.717) is 84.1 Å². The fourth-order valence-corrected chi connectivity index (χ4v) is 10.0. The smallest absolute Gasteiger partial charge is 0.309 e. The summed E-state index contributed by atoms with van der Waals surface area (Å²) in [6.07, 6.45) is -10.3. The van der Waals surface area contributed by atoms with Gasteiger partial charge in [0, 0.05) is 32.7 Å². The van der Waals surface area contributed by atoms with Crippen molar-refractivity contribution in [2.24, 2.45) is 0 Å². The summed E-state index contributed by atoms with van der Waals surface area (Å²) in [5.41, 5.74) is 5.08. The lowest BCUT2D eigenvalue weighted by atomic mass is 9.92. The molecule has 0 aliphatic heterocycles. The highest BCUT2D eigenvalue weighted by Crippen LogP contribution is 2.46. The Morgan fingerprint density at radius 3 is 1.20 bits per heavy atom. The van der Waals surface area contributed by atoms with Crippen molar-refractivity contribution in [3.8, 4) is 86.2 Å². The van der Waals surface area contributed by atoms with E-state index in [1.165, 1.54) is 24.3 Å². The highest BCUT2D eigenvalue weighted by atomic mass is 19.4. The van der Waals surface area contributed by atoms with Crippen LogP contribution in [0.5, 0.6) is 0 Å². The molecule has 0 unspecified atom stereocenters. The minimum Gasteiger partial charge on any atom is -0.309 e. The van der Waals surface area contributed by atoms with Crippen molar-refractivity contribution in [3.63, 3.8) is 0 Å². The molecule has 0 saturated carbocycles. The highest BCUT2D eigenvalue weighted by Gasteiger charge is 2.38. The normalized spacial score (nSPS) is 11.6. The maximum atomic E-state index is 15.0. The van der Waals surface area contributed by atoms with E-state index in [1.807, 2.05) is 94.1 Å². The molecule has 0 amide bonds. The Morgan fingerprint density at radius 1 is 0.311 bits per heavy atom. The number of aromatic nitrogens is 2. The Bertz CT molecular complexity index is 4360. The number of benzene rings is 9. The maximum Gasteiger partial charge on any atom is 0.417 e. The number of para-hydroxylation sites is 2. The van der Waals surface area contributed by atoms with E-state index in [1.54, 1.807) is 48.5 Å². The van der Waals surface area contributed by atoms with Crippen molar-refractivity contribution in [1.29, 1.82) is 26.3 Å². The van der Waals surface area contributed by atoms with Gasteiger partial charge in [-0.2, -0.15) is 52.7 Å². The van der Waals surface area contributed by atoms with Gasteiger partial charge in [0.25, 0.3) is 0 Å². The van der Waals surface area contributed by atoms with Crippen LogP contribution in [-0.4, -0.2) is 9.13 Å². The third-order valence-electron chi connectivity index (χ3n) is 13.3. The largest absolute Gasteiger partial charge is 0.417 e. The van der Waals surface area contributed by atoms with Gasteiger partial charge in [-0.1, -0.05) is 60.7 Å². The first-order chi connectivity index (χ1) is 35.7. The van der Waals surface area contributed by atoms with Crippen LogP contribution in [0.2, 0.25) is 0 Å². The Kier molecular flexibility index (Phi) is 10.9. The summed E-state index contributed by atoms with van der Waals surface area (Å²) in [6.45, 7) is 0. The molecule has 350 valence electrons. The van der Waals surface area contributed by atoms with Gasteiger partial charge in [0.05, 0.1) is 103 Å². The summed E-state index contributed by atoms with van der Waals surface area (Å²) in [5, 5.41) is 52.8. The van der Waals surface area contributed by atoms with Crippen LogP contribution in [0.25, 0.3) is 99.5 Å². The van der Waals surface area contributed by atoms with E-state index in [2.05, 4.69) is 30.3 Å². The van der Waals surface area contributed by atoms with Crippen LogP contribution < -0.4 is 0 Å². The summed E-state index contributed by atoms with van der Waals surface area (Å²) >= 11 is 0. The molecule has 11 rings (SSSR count). The van der Waals surface area contributed by atoms with Crippen molar-refractivity contribution < 1.29 is 26.3 Å². The number of fused-ring (bicyclic) bond motifs is 6. The highest BCUT2D eigenvalue weighted by molar-refractivity contribution is 6.13. The average molecular weight is 974 g/mol. The van der Waals surface area contributed by atoms with Crippen molar-refractivity contribution in [2.75, 3.05) is 0 Å². The zero-order chi connectivity index (χ0) is 51.6. The third-order valence-corrected chi connectivity index (χ3v) is 13.3. The molecule has 2 heterocycles. The minimum absolute atomic E-state index is 0.0463. The molecule has 0 saturated heterocycles. The molecule has 0 N–H and O–H groups in total. The molecule has 0 aliphatic carbocycles. The monoisotopic (exact) mass is 973 g/mol. The van der Waals surface area contributed by atoms with E-state index in [0.717, 1.165) is 38.7 Å². The number of hydrogen-bond acceptors (Lipinski definition) is 5. The summed E-state index contributed by atoms with van der Waals surface area (Å²) in [4.78, 5) is 0. The van der Waals surface area contributed by atoms with Crippen LogP contribution in [0.3, 0.4) is 0 Å². The third kappa shape index (κ3) is 7.78. The number of halogens is 6. The molecular weight excluding hydrogens is 945 g/mol. The van der Waals surface area contributed by atoms with E-state index >= 15 is 13.2 Å². The molecular formula is C61H29F6N7. The lowest BCUT2D eigenvalue weighted by Gasteiger charge is -2.21. The predicted molar refractivity (Wildman–Crippen MR) is 270 cm³/mol. The SMILES string of the molecule is N#Cc1cc(C#N)cc(-c2ccc3c(c2)c2ccccc2n3-c2ccc(C#N)cc2-c2cc(-c3ccc(C(F)(F)F)cc3C(F)(F)F)ccc2-n2c3ccccc3c3cc(-c4cc(C#N)cc(C#N)c4)ccc32)c1. The fraction of sp³-hybridized carbons (Fsp3) is 0.0328. The second kappa shape index (κ2) is 17.5. The molecule has 0 bridgehead atoms. The first-order valence-corrected chi connectivity index (χ1v) is 22.7. The van der Waals surface area contributed by atoms with Crippen LogP contribution in [-0.2, 0) is 12.4 Å². The quantitative estimate of drug-likeness (QED) is 0.153. The molecule has 0 fully saturated rings. The summed E-state index contributed by atoms with van der Waals surface area (Å²) in [5.74, 6) is 0. The first kappa shape index (κ1) is 46.0. The van der Waals surface area contributed by atoms with Crippen LogP contribution in [0.4, 0.5) is 26.3 Å². The van der Waals surface area contributed by atoms with E-state index in [4.69, 9.17) is 0 Å². The second-order valence-corrected chi connectivity index (χ2v) is 17.5. The predicted octanol–water partition coefficient (Wildman–Crippen LogP) is 15.9. The van der Waals surface area contributed by atoms with Gasteiger partial charge in [-0.25, -0.2) is 0 Å². The van der Waals surface area contributed by atoms with Gasteiger partial charge >= 0.3 is 12.4 Å². The summed E-state index contributed by atoms with van der Waals surface area (Å²) < 4.78 is 91.0. The minimum atomic E-state index is -5.19. The van der Waals surface area contributed by atoms with Crippen molar-refractivity contribution >= 4 is 43.6 Å². The van der Waals surface area contributed by atoms with E-state index in [9.17, 15) is 39.5 Å². The van der Waals surface area contributed by atoms with Gasteiger partial charge in [-0.05, 0) is 149 Å². The van der Waals surface area contributed by atoms with Gasteiger partial charge in [0.2, 0.25) is 0 Å². The molecule has 0 spiro atoms. The van der Waals surface area contributed by atoms with Crippen molar-refractivity contribution in [2.45, 2.75) is 12.4 Å². The Hall–Kier alpha value is -10.4.